The van der Waals surface area contributed by atoms with Gasteiger partial charge in [-0.15, -0.1) is 0 Å². The smallest absolute Gasteiger partial charge is 0.283 e. The van der Waals surface area contributed by atoms with Gasteiger partial charge in [-0.25, -0.2) is 4.39 Å². The molecule has 0 bridgehead atoms. The monoisotopic (exact) mass is 379 g/mol. The van der Waals surface area contributed by atoms with Crippen LogP contribution in [0.2, 0.25) is 5.02 Å². The Balaban J connectivity index is 1.82. The Morgan fingerprint density at radius 1 is 1.12 bits per heavy atom. The van der Waals surface area contributed by atoms with Gasteiger partial charge in [-0.3, -0.25) is 19.7 Å². The summed E-state index contributed by atoms with van der Waals surface area (Å²) in [5.74, 6) is -1.40. The maximum atomic E-state index is 13.1. The number of halogens is 2. The second-order valence-electron chi connectivity index (χ2n) is 5.33. The van der Waals surface area contributed by atoms with E-state index in [0.717, 1.165) is 6.07 Å². The summed E-state index contributed by atoms with van der Waals surface area (Å²) in [6, 6.07) is 9.43. The highest BCUT2D eigenvalue weighted by Gasteiger charge is 2.20. The molecule has 0 saturated carbocycles. The van der Waals surface area contributed by atoms with Gasteiger partial charge in [0, 0.05) is 24.2 Å². The van der Waals surface area contributed by atoms with Crippen LogP contribution in [-0.4, -0.2) is 29.8 Å². The fourth-order valence-electron chi connectivity index (χ4n) is 2.22. The summed E-state index contributed by atoms with van der Waals surface area (Å²) in [4.78, 5) is 34.1. The number of nitro groups is 1. The van der Waals surface area contributed by atoms with E-state index in [-0.39, 0.29) is 36.0 Å². The van der Waals surface area contributed by atoms with Gasteiger partial charge in [0.25, 0.3) is 11.6 Å². The van der Waals surface area contributed by atoms with Crippen LogP contribution in [0.3, 0.4) is 0 Å². The van der Waals surface area contributed by atoms with E-state index in [1.54, 1.807) is 6.07 Å². The first-order chi connectivity index (χ1) is 12.4. The van der Waals surface area contributed by atoms with Gasteiger partial charge < -0.3 is 10.6 Å². The van der Waals surface area contributed by atoms with Crippen LogP contribution in [0.15, 0.2) is 42.5 Å². The molecule has 0 aliphatic carbocycles. The molecule has 0 atom stereocenters. The van der Waals surface area contributed by atoms with Gasteiger partial charge in [-0.1, -0.05) is 23.7 Å². The third-order valence-corrected chi connectivity index (χ3v) is 3.62. The van der Waals surface area contributed by atoms with E-state index in [0.29, 0.717) is 5.56 Å². The second-order valence-corrected chi connectivity index (χ2v) is 5.77. The largest absolute Gasteiger partial charge is 0.354 e. The Morgan fingerprint density at radius 3 is 2.54 bits per heavy atom. The average Bonchev–Trinajstić information content (AvgIpc) is 2.58. The van der Waals surface area contributed by atoms with Crippen molar-refractivity contribution in [2.45, 2.75) is 6.42 Å². The van der Waals surface area contributed by atoms with Crippen molar-refractivity contribution in [3.8, 4) is 0 Å². The van der Waals surface area contributed by atoms with Gasteiger partial charge >= 0.3 is 0 Å². The number of nitro benzene ring substituents is 1. The van der Waals surface area contributed by atoms with Crippen molar-refractivity contribution < 1.29 is 18.9 Å². The molecule has 0 aromatic heterocycles. The van der Waals surface area contributed by atoms with Crippen molar-refractivity contribution in [1.29, 1.82) is 0 Å². The van der Waals surface area contributed by atoms with E-state index in [1.165, 1.54) is 30.3 Å². The van der Waals surface area contributed by atoms with Crippen LogP contribution in [0.25, 0.3) is 0 Å². The number of nitrogens with zero attached hydrogens (tertiary/aromatic N) is 1. The molecule has 0 unspecified atom stereocenters. The Morgan fingerprint density at radius 2 is 1.85 bits per heavy atom. The molecule has 2 amide bonds. The summed E-state index contributed by atoms with van der Waals surface area (Å²) in [5.41, 5.74) is 0.0129. The molecule has 9 heteroatoms. The third kappa shape index (κ3) is 5.52. The summed E-state index contributed by atoms with van der Waals surface area (Å²) in [5, 5.41) is 16.2. The lowest BCUT2D eigenvalue weighted by molar-refractivity contribution is -0.385. The molecule has 2 aromatic rings. The lowest BCUT2D eigenvalue weighted by Crippen LogP contribution is -2.35. The van der Waals surface area contributed by atoms with Crippen molar-refractivity contribution in [3.05, 3.63) is 74.5 Å². The van der Waals surface area contributed by atoms with Gasteiger partial charge in [0.2, 0.25) is 5.91 Å². The number of nitrogens with one attached hydrogen (secondary N) is 2. The topological polar surface area (TPSA) is 101 Å². The molecule has 0 radical (unpaired) electrons. The molecule has 2 aromatic carbocycles. The van der Waals surface area contributed by atoms with Gasteiger partial charge in [-0.2, -0.15) is 0 Å². The van der Waals surface area contributed by atoms with E-state index >= 15 is 0 Å². The quantitative estimate of drug-likeness (QED) is 0.438. The fraction of sp³-hybridized carbons (Fsp3) is 0.176. The van der Waals surface area contributed by atoms with E-state index in [2.05, 4.69) is 10.6 Å². The molecular weight excluding hydrogens is 365 g/mol. The van der Waals surface area contributed by atoms with E-state index in [1.807, 2.05) is 0 Å². The highest BCUT2D eigenvalue weighted by molar-refractivity contribution is 6.31. The minimum absolute atomic E-state index is 0.00830. The van der Waals surface area contributed by atoms with Crippen molar-refractivity contribution in [2.24, 2.45) is 0 Å². The molecule has 0 aliphatic heterocycles. The number of hydrogen-bond donors (Lipinski definition) is 2. The van der Waals surface area contributed by atoms with Crippen LogP contribution >= 0.6 is 11.6 Å². The lowest BCUT2D eigenvalue weighted by atomic mass is 10.1. The number of hydrogen-bond acceptors (Lipinski definition) is 4. The predicted octanol–water partition coefficient (Wildman–Crippen LogP) is 2.48. The molecule has 2 N–H and O–H groups in total. The zero-order valence-electron chi connectivity index (χ0n) is 13.5. The molecule has 7 nitrogen and oxygen atoms in total. The molecule has 0 aliphatic rings. The van der Waals surface area contributed by atoms with Crippen LogP contribution in [0.5, 0.6) is 0 Å². The molecule has 2 rings (SSSR count). The Kier molecular flexibility index (Phi) is 6.62. The first-order valence-electron chi connectivity index (χ1n) is 7.60. The minimum atomic E-state index is -0.693. The van der Waals surface area contributed by atoms with Crippen LogP contribution < -0.4 is 10.6 Å². The SMILES string of the molecule is O=C(Cc1cccc(F)c1)NCCNC(=O)c1ccc(Cl)cc1[N+](=O)[O-]. The molecule has 26 heavy (non-hydrogen) atoms. The zero-order chi connectivity index (χ0) is 19.1. The summed E-state index contributed by atoms with van der Waals surface area (Å²) in [7, 11) is 0. The standard InChI is InChI=1S/C17H15ClFN3O4/c18-12-4-5-14(15(10-12)22(25)26)17(24)21-7-6-20-16(23)9-11-2-1-3-13(19)8-11/h1-5,8,10H,6-7,9H2,(H,20,23)(H,21,24). The van der Waals surface area contributed by atoms with Crippen LogP contribution in [-0.2, 0) is 11.2 Å². The first-order valence-corrected chi connectivity index (χ1v) is 7.98. The number of rotatable bonds is 7. The summed E-state index contributed by atoms with van der Waals surface area (Å²) < 4.78 is 13.1. The molecule has 0 saturated heterocycles. The maximum Gasteiger partial charge on any atom is 0.283 e. The van der Waals surface area contributed by atoms with Gasteiger partial charge in [-0.05, 0) is 29.8 Å². The van der Waals surface area contributed by atoms with Crippen LogP contribution in [0.1, 0.15) is 15.9 Å². The fourth-order valence-corrected chi connectivity index (χ4v) is 2.38. The Labute approximate surface area is 153 Å². The molecule has 0 heterocycles. The predicted molar refractivity (Wildman–Crippen MR) is 93.6 cm³/mol. The van der Waals surface area contributed by atoms with Crippen LogP contribution in [0, 0.1) is 15.9 Å². The van der Waals surface area contributed by atoms with Crippen molar-refractivity contribution in [2.75, 3.05) is 13.1 Å². The Bertz CT molecular complexity index is 845. The van der Waals surface area contributed by atoms with Crippen molar-refractivity contribution in [3.63, 3.8) is 0 Å². The first kappa shape index (κ1) is 19.3. The maximum absolute atomic E-state index is 13.1. The minimum Gasteiger partial charge on any atom is -0.354 e. The van der Waals surface area contributed by atoms with Gasteiger partial charge in [0.1, 0.15) is 11.4 Å². The normalized spacial score (nSPS) is 10.2. The number of carbonyl (C=O) groups is 2. The molecular formula is C17H15ClFN3O4. The van der Waals surface area contributed by atoms with Crippen molar-refractivity contribution in [1.82, 2.24) is 10.6 Å². The number of carbonyl (C=O) groups excluding carboxylic acids is 2. The second kappa shape index (κ2) is 8.91. The number of benzene rings is 2. The average molecular weight is 380 g/mol. The zero-order valence-corrected chi connectivity index (χ0v) is 14.3. The highest BCUT2D eigenvalue weighted by Crippen LogP contribution is 2.22. The van der Waals surface area contributed by atoms with Crippen molar-refractivity contribution >= 4 is 29.1 Å². The third-order valence-electron chi connectivity index (χ3n) is 3.39. The number of amides is 2. The lowest BCUT2D eigenvalue weighted by Gasteiger charge is -2.08. The van der Waals surface area contributed by atoms with E-state index in [9.17, 15) is 24.1 Å². The summed E-state index contributed by atoms with van der Waals surface area (Å²) >= 11 is 5.70. The molecule has 0 fully saturated rings. The van der Waals surface area contributed by atoms with Crippen LogP contribution in [0.4, 0.5) is 10.1 Å². The van der Waals surface area contributed by atoms with E-state index < -0.39 is 22.3 Å². The summed E-state index contributed by atoms with van der Waals surface area (Å²) in [6.45, 7) is 0.203. The van der Waals surface area contributed by atoms with E-state index in [4.69, 9.17) is 11.6 Å². The van der Waals surface area contributed by atoms with Gasteiger partial charge in [0.05, 0.1) is 11.3 Å². The molecule has 0 spiro atoms. The molecule has 136 valence electrons. The Hall–Kier alpha value is -3.00. The summed E-state index contributed by atoms with van der Waals surface area (Å²) in [6.07, 6.45) is 0.00830. The highest BCUT2D eigenvalue weighted by atomic mass is 35.5. The van der Waals surface area contributed by atoms with Gasteiger partial charge in [0.15, 0.2) is 0 Å².